The van der Waals surface area contributed by atoms with Crippen LogP contribution in [0.25, 0.3) is 0 Å². The monoisotopic (exact) mass is 326 g/mol. The normalized spacial score (nSPS) is 12.1. The molecule has 0 amide bonds. The van der Waals surface area contributed by atoms with Crippen LogP contribution in [0.15, 0.2) is 54.6 Å². The summed E-state index contributed by atoms with van der Waals surface area (Å²) in [5, 5.41) is 6.72. The van der Waals surface area contributed by atoms with Gasteiger partial charge >= 0.3 is 0 Å². The highest BCUT2D eigenvalue weighted by Crippen LogP contribution is 2.19. The molecule has 24 heavy (non-hydrogen) atoms. The summed E-state index contributed by atoms with van der Waals surface area (Å²) in [5.41, 5.74) is 2.65. The Bertz CT molecular complexity index is 571. The van der Waals surface area contributed by atoms with E-state index in [1.54, 1.807) is 0 Å². The second kappa shape index (κ2) is 10.8. The van der Waals surface area contributed by atoms with Gasteiger partial charge in [0.25, 0.3) is 0 Å². The lowest BCUT2D eigenvalue weighted by Crippen LogP contribution is -2.22. The first kappa shape index (κ1) is 18.5. The number of aryl methyl sites for hydroxylation is 1. The minimum atomic E-state index is 0.342. The number of hydrogen-bond donors (Lipinski definition) is 2. The molecule has 2 N–H and O–H groups in total. The average Bonchev–Trinajstić information content (AvgIpc) is 2.63. The first-order chi connectivity index (χ1) is 11.8. The van der Waals surface area contributed by atoms with Crippen molar-refractivity contribution in [2.45, 2.75) is 32.2 Å². The molecule has 2 rings (SSSR count). The minimum Gasteiger partial charge on any atom is -0.494 e. The summed E-state index contributed by atoms with van der Waals surface area (Å²) in [4.78, 5) is 0. The Labute approximate surface area is 146 Å². The van der Waals surface area contributed by atoms with Gasteiger partial charge in [-0.2, -0.15) is 0 Å². The summed E-state index contributed by atoms with van der Waals surface area (Å²) in [6, 6.07) is 19.3. The Balaban J connectivity index is 1.73. The molecule has 0 aromatic heterocycles. The number of hydrogen-bond acceptors (Lipinski definition) is 3. The van der Waals surface area contributed by atoms with Gasteiger partial charge in [-0.15, -0.1) is 0 Å². The lowest BCUT2D eigenvalue weighted by molar-refractivity contribution is 0.310. The van der Waals surface area contributed by atoms with Crippen molar-refractivity contribution in [3.63, 3.8) is 0 Å². The molecule has 1 atom stereocenters. The Kier molecular flexibility index (Phi) is 8.36. The molecule has 0 aliphatic carbocycles. The largest absolute Gasteiger partial charge is 0.494 e. The number of ether oxygens (including phenoxy) is 1. The standard InChI is InChI=1S/C21H30N2O/c1-18(23-15-8-14-22-2)20-12-6-13-21(17-20)24-16-7-11-19-9-4-3-5-10-19/h3-6,9-10,12-13,17-18,22-23H,7-8,11,14-16H2,1-2H3. The fourth-order valence-corrected chi connectivity index (χ4v) is 2.69. The third kappa shape index (κ3) is 6.73. The van der Waals surface area contributed by atoms with Gasteiger partial charge in [0.05, 0.1) is 6.61 Å². The van der Waals surface area contributed by atoms with Crippen LogP contribution in [-0.4, -0.2) is 26.7 Å². The minimum absolute atomic E-state index is 0.342. The molecule has 3 nitrogen and oxygen atoms in total. The second-order valence-electron chi connectivity index (χ2n) is 6.14. The van der Waals surface area contributed by atoms with Crippen molar-refractivity contribution in [2.75, 3.05) is 26.7 Å². The van der Waals surface area contributed by atoms with Crippen LogP contribution in [0.4, 0.5) is 0 Å². The van der Waals surface area contributed by atoms with E-state index in [1.807, 2.05) is 13.1 Å². The molecule has 0 aliphatic rings. The summed E-state index contributed by atoms with van der Waals surface area (Å²) < 4.78 is 5.92. The van der Waals surface area contributed by atoms with Crippen LogP contribution >= 0.6 is 0 Å². The van der Waals surface area contributed by atoms with Gasteiger partial charge in [0.2, 0.25) is 0 Å². The first-order valence-electron chi connectivity index (χ1n) is 8.94. The Hall–Kier alpha value is -1.84. The van der Waals surface area contributed by atoms with Crippen molar-refractivity contribution in [3.05, 3.63) is 65.7 Å². The predicted molar refractivity (Wildman–Crippen MR) is 102 cm³/mol. The van der Waals surface area contributed by atoms with Gasteiger partial charge in [0, 0.05) is 6.04 Å². The molecule has 3 heteroatoms. The Morgan fingerprint density at radius 1 is 0.958 bits per heavy atom. The molecule has 2 aromatic rings. The molecule has 1 unspecified atom stereocenters. The molecule has 0 spiro atoms. The molecule has 130 valence electrons. The van der Waals surface area contributed by atoms with Crippen molar-refractivity contribution in [1.29, 1.82) is 0 Å². The Morgan fingerprint density at radius 2 is 1.79 bits per heavy atom. The van der Waals surface area contributed by atoms with Gasteiger partial charge in [-0.1, -0.05) is 42.5 Å². The zero-order chi connectivity index (χ0) is 17.0. The van der Waals surface area contributed by atoms with Crippen molar-refractivity contribution in [3.8, 4) is 5.75 Å². The van der Waals surface area contributed by atoms with Gasteiger partial charge in [0.1, 0.15) is 5.75 Å². The summed E-state index contributed by atoms with van der Waals surface area (Å²) in [6.07, 6.45) is 3.23. The van der Waals surface area contributed by atoms with Crippen LogP contribution in [0.3, 0.4) is 0 Å². The quantitative estimate of drug-likeness (QED) is 0.613. The molecule has 0 saturated carbocycles. The van der Waals surface area contributed by atoms with Gasteiger partial charge in [-0.25, -0.2) is 0 Å². The molecule has 0 aliphatic heterocycles. The topological polar surface area (TPSA) is 33.3 Å². The molecule has 0 bridgehead atoms. The van der Waals surface area contributed by atoms with Crippen LogP contribution in [0.2, 0.25) is 0 Å². The van der Waals surface area contributed by atoms with E-state index in [0.717, 1.165) is 44.7 Å². The van der Waals surface area contributed by atoms with Crippen molar-refractivity contribution >= 4 is 0 Å². The number of rotatable bonds is 11. The van der Waals surface area contributed by atoms with Crippen LogP contribution in [0.1, 0.15) is 36.9 Å². The first-order valence-corrected chi connectivity index (χ1v) is 8.94. The van der Waals surface area contributed by atoms with Gasteiger partial charge in [-0.05, 0) is 69.6 Å². The summed E-state index contributed by atoms with van der Waals surface area (Å²) >= 11 is 0. The Morgan fingerprint density at radius 3 is 2.58 bits per heavy atom. The lowest BCUT2D eigenvalue weighted by Gasteiger charge is -2.15. The zero-order valence-corrected chi connectivity index (χ0v) is 14.9. The van der Waals surface area contributed by atoms with Gasteiger partial charge in [0.15, 0.2) is 0 Å². The molecule has 0 heterocycles. The van der Waals surface area contributed by atoms with Crippen LogP contribution in [0.5, 0.6) is 5.75 Å². The number of nitrogens with one attached hydrogen (secondary N) is 2. The highest BCUT2D eigenvalue weighted by atomic mass is 16.5. The van der Waals surface area contributed by atoms with E-state index in [4.69, 9.17) is 4.74 Å². The zero-order valence-electron chi connectivity index (χ0n) is 14.9. The van der Waals surface area contributed by atoms with Crippen LogP contribution < -0.4 is 15.4 Å². The SMILES string of the molecule is CNCCCNC(C)c1cccc(OCCCc2ccccc2)c1. The molecule has 0 saturated heterocycles. The highest BCUT2D eigenvalue weighted by Gasteiger charge is 2.05. The maximum absolute atomic E-state index is 5.92. The van der Waals surface area contributed by atoms with E-state index in [9.17, 15) is 0 Å². The summed E-state index contributed by atoms with van der Waals surface area (Å²) in [7, 11) is 1.99. The average molecular weight is 326 g/mol. The third-order valence-electron chi connectivity index (χ3n) is 4.13. The van der Waals surface area contributed by atoms with Crippen molar-refractivity contribution in [1.82, 2.24) is 10.6 Å². The predicted octanol–water partition coefficient (Wildman–Crippen LogP) is 3.96. The van der Waals surface area contributed by atoms with Gasteiger partial charge in [-0.3, -0.25) is 0 Å². The van der Waals surface area contributed by atoms with Crippen LogP contribution in [0, 0.1) is 0 Å². The number of benzene rings is 2. The molecular formula is C21H30N2O. The fraction of sp³-hybridized carbons (Fsp3) is 0.429. The molecule has 0 fully saturated rings. The van der Waals surface area contributed by atoms with E-state index in [2.05, 4.69) is 66.1 Å². The van der Waals surface area contributed by atoms with E-state index in [0.29, 0.717) is 6.04 Å². The van der Waals surface area contributed by atoms with Crippen molar-refractivity contribution < 1.29 is 4.74 Å². The fourth-order valence-electron chi connectivity index (χ4n) is 2.69. The second-order valence-corrected chi connectivity index (χ2v) is 6.14. The van der Waals surface area contributed by atoms with E-state index in [1.165, 1.54) is 11.1 Å². The molecule has 0 radical (unpaired) electrons. The summed E-state index contributed by atoms with van der Waals surface area (Å²) in [6.45, 7) is 5.02. The van der Waals surface area contributed by atoms with E-state index < -0.39 is 0 Å². The highest BCUT2D eigenvalue weighted by molar-refractivity contribution is 5.30. The lowest BCUT2D eigenvalue weighted by atomic mass is 10.1. The van der Waals surface area contributed by atoms with E-state index >= 15 is 0 Å². The molecular weight excluding hydrogens is 296 g/mol. The van der Waals surface area contributed by atoms with Crippen molar-refractivity contribution in [2.24, 2.45) is 0 Å². The maximum atomic E-state index is 5.92. The van der Waals surface area contributed by atoms with E-state index in [-0.39, 0.29) is 0 Å². The summed E-state index contributed by atoms with van der Waals surface area (Å²) in [5.74, 6) is 0.962. The third-order valence-corrected chi connectivity index (χ3v) is 4.13. The maximum Gasteiger partial charge on any atom is 0.119 e. The van der Waals surface area contributed by atoms with Gasteiger partial charge < -0.3 is 15.4 Å². The smallest absolute Gasteiger partial charge is 0.119 e. The van der Waals surface area contributed by atoms with Crippen LogP contribution in [-0.2, 0) is 6.42 Å². The molecule has 2 aromatic carbocycles.